The Morgan fingerprint density at radius 1 is 0.450 bits per heavy atom. The van der Waals surface area contributed by atoms with Crippen LogP contribution in [0.5, 0.6) is 5.75 Å². The lowest BCUT2D eigenvalue weighted by Gasteiger charge is -2.47. The van der Waals surface area contributed by atoms with Crippen molar-refractivity contribution in [3.8, 4) is 39.1 Å². The predicted molar refractivity (Wildman–Crippen MR) is 245 cm³/mol. The van der Waals surface area contributed by atoms with Gasteiger partial charge in [-0.3, -0.25) is 0 Å². The Morgan fingerprint density at radius 3 is 2.00 bits per heavy atom. The summed E-state index contributed by atoms with van der Waals surface area (Å²) in [6, 6.07) is 67.5. The first-order chi connectivity index (χ1) is 29.7. The van der Waals surface area contributed by atoms with Gasteiger partial charge in [-0.25, -0.2) is 9.98 Å². The highest BCUT2D eigenvalue weighted by Crippen LogP contribution is 2.63. The largest absolute Gasteiger partial charge is 0.485 e. The molecule has 0 bridgehead atoms. The van der Waals surface area contributed by atoms with Gasteiger partial charge in [0.15, 0.2) is 6.17 Å². The van der Waals surface area contributed by atoms with Crippen molar-refractivity contribution in [1.29, 1.82) is 0 Å². The average molecular weight is 770 g/mol. The van der Waals surface area contributed by atoms with Crippen LogP contribution in [0.2, 0.25) is 0 Å². The molecule has 4 aliphatic rings. The van der Waals surface area contributed by atoms with Gasteiger partial charge >= 0.3 is 0 Å². The Kier molecular flexibility index (Phi) is 7.92. The Labute approximate surface area is 349 Å². The fourth-order valence-electron chi connectivity index (χ4n) is 10.1. The Morgan fingerprint density at radius 2 is 1.10 bits per heavy atom. The van der Waals surface area contributed by atoms with Crippen LogP contribution in [-0.4, -0.2) is 17.8 Å². The second kappa shape index (κ2) is 13.8. The Hall–Kier alpha value is -7.56. The molecular weight excluding hydrogens is 731 g/mol. The second-order valence-corrected chi connectivity index (χ2v) is 16.0. The molecular formula is C56H39N3O. The van der Waals surface area contributed by atoms with E-state index in [1.54, 1.807) is 0 Å². The first-order valence-electron chi connectivity index (χ1n) is 20.7. The second-order valence-electron chi connectivity index (χ2n) is 16.0. The molecule has 0 saturated carbocycles. The third-order valence-electron chi connectivity index (χ3n) is 12.8. The van der Waals surface area contributed by atoms with E-state index in [1.807, 2.05) is 0 Å². The molecule has 0 radical (unpaired) electrons. The normalized spacial score (nSPS) is 20.6. The molecule has 4 nitrogen and oxygen atoms in total. The van der Waals surface area contributed by atoms with Crippen molar-refractivity contribution >= 4 is 22.4 Å². The summed E-state index contributed by atoms with van der Waals surface area (Å²) in [5.74, 6) is 2.62. The molecule has 0 amide bonds. The number of nitrogens with one attached hydrogen (secondary N) is 1. The minimum Gasteiger partial charge on any atom is -0.485 e. The molecule has 1 spiro atoms. The summed E-state index contributed by atoms with van der Waals surface area (Å²) >= 11 is 0. The van der Waals surface area contributed by atoms with Gasteiger partial charge in [-0.15, -0.1) is 0 Å². The number of aliphatic imine (C=N–C) groups is 2. The van der Waals surface area contributed by atoms with Crippen molar-refractivity contribution < 1.29 is 4.74 Å². The van der Waals surface area contributed by atoms with Gasteiger partial charge in [-0.1, -0.05) is 182 Å². The van der Waals surface area contributed by atoms with Crippen LogP contribution in [0, 0.1) is 5.92 Å². The molecule has 2 aliphatic carbocycles. The lowest BCUT2D eigenvalue weighted by Crippen LogP contribution is -2.47. The van der Waals surface area contributed by atoms with Gasteiger partial charge < -0.3 is 10.1 Å². The van der Waals surface area contributed by atoms with E-state index in [2.05, 4.69) is 218 Å². The van der Waals surface area contributed by atoms with Crippen LogP contribution < -0.4 is 10.1 Å². The Balaban J connectivity index is 1.00. The van der Waals surface area contributed by atoms with Crippen LogP contribution in [0.25, 0.3) is 44.2 Å². The van der Waals surface area contributed by atoms with Gasteiger partial charge in [-0.2, -0.15) is 0 Å². The van der Waals surface area contributed by atoms with Crippen LogP contribution >= 0.6 is 0 Å². The smallest absolute Gasteiger partial charge is 0.169 e. The van der Waals surface area contributed by atoms with Crippen molar-refractivity contribution in [2.24, 2.45) is 15.9 Å². The maximum absolute atomic E-state index is 6.71. The minimum absolute atomic E-state index is 0.0777. The number of para-hydroxylation sites is 1. The Bertz CT molecular complexity index is 3140. The first-order valence-corrected chi connectivity index (χ1v) is 20.7. The topological polar surface area (TPSA) is 46.0 Å². The van der Waals surface area contributed by atoms with Gasteiger partial charge in [0.05, 0.1) is 5.41 Å². The number of hydrogen-bond acceptors (Lipinski definition) is 4. The van der Waals surface area contributed by atoms with E-state index in [9.17, 15) is 0 Å². The molecule has 60 heavy (non-hydrogen) atoms. The van der Waals surface area contributed by atoms with Gasteiger partial charge in [0.25, 0.3) is 0 Å². The zero-order valence-electron chi connectivity index (χ0n) is 32.7. The van der Waals surface area contributed by atoms with Gasteiger partial charge in [-0.05, 0) is 91.2 Å². The zero-order chi connectivity index (χ0) is 39.6. The van der Waals surface area contributed by atoms with Crippen LogP contribution in [0.15, 0.2) is 222 Å². The molecule has 4 heteroatoms. The summed E-state index contributed by atoms with van der Waals surface area (Å²) in [4.78, 5) is 10.7. The third kappa shape index (κ3) is 5.38. The number of benzene rings is 8. The zero-order valence-corrected chi connectivity index (χ0v) is 32.7. The quantitative estimate of drug-likeness (QED) is 0.189. The van der Waals surface area contributed by atoms with Crippen LogP contribution in [0.4, 0.5) is 0 Å². The summed E-state index contributed by atoms with van der Waals surface area (Å²) in [6.45, 7) is 0. The van der Waals surface area contributed by atoms with E-state index < -0.39 is 11.6 Å². The number of hydrogen-bond donors (Lipinski definition) is 1. The van der Waals surface area contributed by atoms with E-state index in [0.717, 1.165) is 45.2 Å². The number of fused-ring (bicyclic) bond motifs is 10. The van der Waals surface area contributed by atoms with E-state index in [-0.39, 0.29) is 12.0 Å². The lowest BCUT2D eigenvalue weighted by molar-refractivity contribution is 0.141. The summed E-state index contributed by atoms with van der Waals surface area (Å²) in [5, 5.41) is 6.07. The minimum atomic E-state index is -0.443. The molecule has 4 atom stereocenters. The van der Waals surface area contributed by atoms with E-state index in [0.29, 0.717) is 0 Å². The number of rotatable bonds is 5. The predicted octanol–water partition coefficient (Wildman–Crippen LogP) is 12.5. The summed E-state index contributed by atoms with van der Waals surface area (Å²) in [7, 11) is 0. The molecule has 8 aromatic carbocycles. The lowest BCUT2D eigenvalue weighted by atomic mass is 9.60. The number of allylic oxidation sites excluding steroid dienone is 2. The van der Waals surface area contributed by atoms with Gasteiger partial charge in [0, 0.05) is 22.6 Å². The fraction of sp³-hybridized carbons (Fsp3) is 0.0714. The van der Waals surface area contributed by atoms with Crippen molar-refractivity contribution in [2.75, 3.05) is 0 Å². The average Bonchev–Trinajstić information content (AvgIpc) is 3.62. The van der Waals surface area contributed by atoms with Crippen molar-refractivity contribution in [2.45, 2.75) is 17.7 Å². The van der Waals surface area contributed by atoms with E-state index >= 15 is 0 Å². The maximum atomic E-state index is 6.71. The monoisotopic (exact) mass is 769 g/mol. The molecule has 8 aromatic rings. The van der Waals surface area contributed by atoms with Crippen molar-refractivity contribution in [3.05, 3.63) is 246 Å². The van der Waals surface area contributed by atoms with Crippen molar-refractivity contribution in [3.63, 3.8) is 0 Å². The molecule has 2 aliphatic heterocycles. The number of ether oxygens (including phenoxy) is 1. The first kappa shape index (κ1) is 34.5. The van der Waals surface area contributed by atoms with Crippen LogP contribution in [0.1, 0.15) is 39.5 Å². The molecule has 12 rings (SSSR count). The third-order valence-corrected chi connectivity index (χ3v) is 12.8. The summed E-state index contributed by atoms with van der Waals surface area (Å²) < 4.78 is 6.71. The molecule has 0 aromatic heterocycles. The highest BCUT2D eigenvalue weighted by Gasteiger charge is 2.56. The highest BCUT2D eigenvalue weighted by atomic mass is 16.5. The molecule has 1 N–H and O–H groups in total. The standard InChI is InChI=1S/C56H39N3O/c1-2-15-36(16-3-1)39-19-12-21-41(33-39)53-57-54(59-55(58-53)43-32-31-37-17-4-5-18-38(37)34-43)42-22-13-20-40(35-42)44-24-14-28-49-52(44)45-23-6-7-25-46(45)56(49)47-26-8-10-29-50(47)60-51-30-11-9-27-48(51)56/h1-35,47,50,53H,(H,57,58,59). The van der Waals surface area contributed by atoms with Gasteiger partial charge in [0.2, 0.25) is 0 Å². The SMILES string of the molecule is C1=CC2Oc3ccccc3C3(c4ccccc4-c4c(-c5cccc(C6=NC(c7cccc(-c8ccccc8)c7)N=C(c7ccc8ccccc8c7)N6)c5)cccc43)C2C=C1. The highest BCUT2D eigenvalue weighted by molar-refractivity contribution is 6.17. The van der Waals surface area contributed by atoms with E-state index in [4.69, 9.17) is 14.7 Å². The summed E-state index contributed by atoms with van der Waals surface area (Å²) in [6.07, 6.45) is 8.36. The molecule has 0 saturated heterocycles. The summed E-state index contributed by atoms with van der Waals surface area (Å²) in [5.41, 5.74) is 13.7. The van der Waals surface area contributed by atoms with Gasteiger partial charge in [0.1, 0.15) is 23.5 Å². The molecule has 0 fully saturated rings. The van der Waals surface area contributed by atoms with E-state index in [1.165, 1.54) is 49.7 Å². The van der Waals surface area contributed by atoms with Crippen molar-refractivity contribution in [1.82, 2.24) is 5.32 Å². The van der Waals surface area contributed by atoms with Crippen LogP contribution in [-0.2, 0) is 5.41 Å². The fourth-order valence-corrected chi connectivity index (χ4v) is 10.1. The molecule has 2 heterocycles. The number of nitrogens with zero attached hydrogens (tertiary/aromatic N) is 2. The maximum Gasteiger partial charge on any atom is 0.169 e. The molecule has 284 valence electrons. The molecule has 4 unspecified atom stereocenters. The van der Waals surface area contributed by atoms with Crippen LogP contribution in [0.3, 0.4) is 0 Å². The number of amidine groups is 2.